The van der Waals surface area contributed by atoms with Crippen LogP contribution in [-0.2, 0) is 22.0 Å². The van der Waals surface area contributed by atoms with Crippen LogP contribution in [0.15, 0.2) is 33.6 Å². The molecule has 0 amide bonds. The number of fused-ring (bicyclic) bond motifs is 2. The van der Waals surface area contributed by atoms with Gasteiger partial charge in [0.25, 0.3) is 0 Å². The fourth-order valence-electron chi connectivity index (χ4n) is 4.85. The first-order valence-corrected chi connectivity index (χ1v) is 12.8. The summed E-state index contributed by atoms with van der Waals surface area (Å²) in [5.41, 5.74) is 2.70. The van der Waals surface area contributed by atoms with E-state index in [4.69, 9.17) is 24.1 Å². The maximum Gasteiger partial charge on any atom is 0.227 e. The summed E-state index contributed by atoms with van der Waals surface area (Å²) in [6.45, 7) is 3.21. The van der Waals surface area contributed by atoms with Gasteiger partial charge in [0.1, 0.15) is 16.2 Å². The van der Waals surface area contributed by atoms with Gasteiger partial charge in [-0.05, 0) is 37.8 Å². The molecule has 2 saturated heterocycles. The molecule has 1 N–H and O–H groups in total. The summed E-state index contributed by atoms with van der Waals surface area (Å²) in [4.78, 5) is 17.5. The number of nitrogens with zero attached hydrogens (tertiary/aromatic N) is 4. The molecule has 2 fully saturated rings. The lowest BCUT2D eigenvalue weighted by molar-refractivity contribution is 0.0903. The first kappa shape index (κ1) is 20.1. The molecule has 1 aromatic carbocycles. The van der Waals surface area contributed by atoms with Gasteiger partial charge in [0.2, 0.25) is 5.95 Å². The number of rotatable bonds is 4. The zero-order valence-electron chi connectivity index (χ0n) is 18.0. The van der Waals surface area contributed by atoms with Gasteiger partial charge in [-0.2, -0.15) is 4.98 Å². The Morgan fingerprint density at radius 1 is 1.03 bits per heavy atom. The van der Waals surface area contributed by atoms with Crippen LogP contribution in [0.1, 0.15) is 43.2 Å². The van der Waals surface area contributed by atoms with Crippen molar-refractivity contribution in [3.05, 3.63) is 35.9 Å². The molecule has 5 heterocycles. The maximum absolute atomic E-state index is 12.6. The molecule has 32 heavy (non-hydrogen) atoms. The Kier molecular flexibility index (Phi) is 5.30. The van der Waals surface area contributed by atoms with Crippen molar-refractivity contribution < 1.29 is 13.4 Å². The van der Waals surface area contributed by atoms with Gasteiger partial charge in [-0.1, -0.05) is 12.1 Å². The third kappa shape index (κ3) is 3.77. The van der Waals surface area contributed by atoms with Gasteiger partial charge in [0.15, 0.2) is 11.5 Å². The molecule has 8 nitrogen and oxygen atoms in total. The fourth-order valence-corrected chi connectivity index (χ4v) is 6.16. The molecule has 1 unspecified atom stereocenters. The Morgan fingerprint density at radius 2 is 1.84 bits per heavy atom. The number of benzene rings is 1. The molecule has 3 aliphatic heterocycles. The summed E-state index contributed by atoms with van der Waals surface area (Å²) in [7, 11) is -1.02. The monoisotopic (exact) mass is 453 g/mol. The average Bonchev–Trinajstić information content (AvgIpc) is 3.44. The minimum Gasteiger partial charge on any atom is -0.440 e. The van der Waals surface area contributed by atoms with E-state index in [1.54, 1.807) is 0 Å². The first-order valence-electron chi connectivity index (χ1n) is 11.5. The Balaban J connectivity index is 1.21. The molecule has 9 heteroatoms. The number of ether oxygens (including phenoxy) is 1. The van der Waals surface area contributed by atoms with Crippen LogP contribution in [0.2, 0.25) is 0 Å². The molecule has 3 aromatic rings. The second kappa shape index (κ2) is 8.44. The van der Waals surface area contributed by atoms with Crippen LogP contribution in [0.3, 0.4) is 0 Å². The Bertz CT molecular complexity index is 1120. The molecular weight excluding hydrogens is 426 g/mol. The average molecular weight is 454 g/mol. The highest BCUT2D eigenvalue weighted by atomic mass is 32.2. The lowest BCUT2D eigenvalue weighted by Crippen LogP contribution is -2.35. The molecule has 0 aliphatic carbocycles. The van der Waals surface area contributed by atoms with E-state index in [0.717, 1.165) is 97.8 Å². The second-order valence-electron chi connectivity index (χ2n) is 8.76. The summed E-state index contributed by atoms with van der Waals surface area (Å²) in [5, 5.41) is 3.56. The van der Waals surface area contributed by atoms with Gasteiger partial charge in [-0.15, -0.1) is 0 Å². The van der Waals surface area contributed by atoms with E-state index in [1.165, 1.54) is 0 Å². The highest BCUT2D eigenvalue weighted by Gasteiger charge is 2.31. The molecule has 0 bridgehead atoms. The number of anilines is 2. The number of hydrogen-bond acceptors (Lipinski definition) is 8. The van der Waals surface area contributed by atoms with E-state index in [2.05, 4.69) is 10.2 Å². The Morgan fingerprint density at radius 3 is 2.66 bits per heavy atom. The summed E-state index contributed by atoms with van der Waals surface area (Å²) < 4.78 is 24.1. The maximum atomic E-state index is 12.6. The minimum atomic E-state index is -1.02. The Hall–Kier alpha value is -2.52. The predicted octanol–water partition coefficient (Wildman–Crippen LogP) is 3.26. The van der Waals surface area contributed by atoms with E-state index in [1.807, 2.05) is 24.3 Å². The first-order chi connectivity index (χ1) is 15.7. The molecule has 0 radical (unpaired) electrons. The van der Waals surface area contributed by atoms with Crippen LogP contribution in [0.25, 0.3) is 11.1 Å². The molecule has 6 rings (SSSR count). The van der Waals surface area contributed by atoms with Gasteiger partial charge in [-0.25, -0.2) is 9.97 Å². The van der Waals surface area contributed by atoms with Crippen molar-refractivity contribution in [2.45, 2.75) is 49.0 Å². The number of aryl methyl sites for hydroxylation is 1. The van der Waals surface area contributed by atoms with Crippen LogP contribution in [0, 0.1) is 0 Å². The molecule has 1 atom stereocenters. The molecule has 0 saturated carbocycles. The van der Waals surface area contributed by atoms with Crippen LogP contribution < -0.4 is 10.2 Å². The number of nitrogens with one attached hydrogen (secondary N) is 1. The molecule has 168 valence electrons. The lowest BCUT2D eigenvalue weighted by Gasteiger charge is -2.31. The third-order valence-corrected chi connectivity index (χ3v) is 8.13. The molecule has 0 spiro atoms. The SMILES string of the molecule is O=S1CCc2nc(N3CCC(c4nc5ccccc5o4)CC3)nc(NC3CCOCC3)c21. The van der Waals surface area contributed by atoms with E-state index < -0.39 is 10.8 Å². The van der Waals surface area contributed by atoms with Crippen molar-refractivity contribution in [2.75, 3.05) is 42.3 Å². The standard InChI is InChI=1S/C23H27N5O3S/c29-32-14-9-18-20(32)21(24-16-7-12-30-13-8-16)27-23(26-18)28-10-5-15(6-11-28)22-25-17-3-1-2-4-19(17)31-22/h1-4,15-16H,5-14H2,(H,24,26,27). The van der Waals surface area contributed by atoms with Crippen LogP contribution >= 0.6 is 0 Å². The van der Waals surface area contributed by atoms with Gasteiger partial charge < -0.3 is 19.4 Å². The Labute approximate surface area is 189 Å². The zero-order chi connectivity index (χ0) is 21.5. The fraction of sp³-hybridized carbons (Fsp3) is 0.522. The quantitative estimate of drug-likeness (QED) is 0.643. The van der Waals surface area contributed by atoms with Crippen molar-refractivity contribution >= 4 is 33.7 Å². The summed E-state index contributed by atoms with van der Waals surface area (Å²) >= 11 is 0. The largest absolute Gasteiger partial charge is 0.440 e. The summed E-state index contributed by atoms with van der Waals surface area (Å²) in [5.74, 6) is 3.27. The van der Waals surface area contributed by atoms with Crippen molar-refractivity contribution in [3.8, 4) is 0 Å². The smallest absolute Gasteiger partial charge is 0.227 e. The number of oxazole rings is 1. The highest BCUT2D eigenvalue weighted by molar-refractivity contribution is 7.85. The summed E-state index contributed by atoms with van der Waals surface area (Å²) in [6.07, 6.45) is 4.52. The highest BCUT2D eigenvalue weighted by Crippen LogP contribution is 2.34. The minimum absolute atomic E-state index is 0.304. The number of para-hydroxylation sites is 2. The van der Waals surface area contributed by atoms with Gasteiger partial charge in [0.05, 0.1) is 16.5 Å². The van der Waals surface area contributed by atoms with Crippen LogP contribution in [0.5, 0.6) is 0 Å². The summed E-state index contributed by atoms with van der Waals surface area (Å²) in [6, 6.07) is 8.23. The number of aromatic nitrogens is 3. The van der Waals surface area contributed by atoms with Gasteiger partial charge in [-0.3, -0.25) is 4.21 Å². The van der Waals surface area contributed by atoms with Crippen molar-refractivity contribution in [1.82, 2.24) is 15.0 Å². The van der Waals surface area contributed by atoms with E-state index in [0.29, 0.717) is 17.7 Å². The van der Waals surface area contributed by atoms with Crippen molar-refractivity contribution in [1.29, 1.82) is 0 Å². The van der Waals surface area contributed by atoms with E-state index in [9.17, 15) is 4.21 Å². The normalized spacial score (nSPS) is 22.4. The van der Waals surface area contributed by atoms with Crippen LogP contribution in [0.4, 0.5) is 11.8 Å². The number of hydrogen-bond donors (Lipinski definition) is 1. The van der Waals surface area contributed by atoms with E-state index >= 15 is 0 Å². The number of piperidine rings is 1. The van der Waals surface area contributed by atoms with Crippen LogP contribution in [-0.4, -0.2) is 57.3 Å². The topological polar surface area (TPSA) is 93.4 Å². The van der Waals surface area contributed by atoms with Crippen molar-refractivity contribution in [3.63, 3.8) is 0 Å². The van der Waals surface area contributed by atoms with Crippen molar-refractivity contribution in [2.24, 2.45) is 0 Å². The third-order valence-electron chi connectivity index (χ3n) is 6.68. The molecule has 3 aliphatic rings. The second-order valence-corrected chi connectivity index (χ2v) is 10.3. The molecular formula is C23H27N5O3S. The predicted molar refractivity (Wildman–Crippen MR) is 123 cm³/mol. The molecule has 2 aromatic heterocycles. The van der Waals surface area contributed by atoms with E-state index in [-0.39, 0.29) is 0 Å². The zero-order valence-corrected chi connectivity index (χ0v) is 18.8. The van der Waals surface area contributed by atoms with Gasteiger partial charge in [0, 0.05) is 50.4 Å². The lowest BCUT2D eigenvalue weighted by atomic mass is 9.97. The van der Waals surface area contributed by atoms with Gasteiger partial charge >= 0.3 is 0 Å².